The average Bonchev–Trinajstić information content (AvgIpc) is 2.82. The van der Waals surface area contributed by atoms with Crippen molar-refractivity contribution in [2.45, 2.75) is 26.9 Å². The maximum absolute atomic E-state index is 13.2. The first-order valence-electron chi connectivity index (χ1n) is 7.05. The van der Waals surface area contributed by atoms with Crippen molar-refractivity contribution in [2.75, 3.05) is 7.05 Å². The van der Waals surface area contributed by atoms with Crippen LogP contribution in [0.1, 0.15) is 22.8 Å². The van der Waals surface area contributed by atoms with Crippen molar-refractivity contribution in [2.24, 2.45) is 12.0 Å². The number of hydrogen-bond donors (Lipinski definition) is 2. The van der Waals surface area contributed by atoms with Crippen LogP contribution in [0.3, 0.4) is 0 Å². The Bertz CT molecular complexity index is 683. The van der Waals surface area contributed by atoms with Gasteiger partial charge in [-0.1, -0.05) is 12.1 Å². The number of rotatable bonds is 4. The molecular formula is C15H22FIN6. The quantitative estimate of drug-likeness (QED) is 0.441. The number of aryl methyl sites for hydroxylation is 2. The molecule has 0 aliphatic heterocycles. The molecule has 2 rings (SSSR count). The zero-order chi connectivity index (χ0) is 16.1. The van der Waals surface area contributed by atoms with Gasteiger partial charge in [0.25, 0.3) is 0 Å². The molecule has 126 valence electrons. The Morgan fingerprint density at radius 2 is 1.91 bits per heavy atom. The third kappa shape index (κ3) is 5.15. The Hall–Kier alpha value is -1.71. The van der Waals surface area contributed by atoms with Crippen molar-refractivity contribution >= 4 is 29.9 Å². The van der Waals surface area contributed by atoms with Gasteiger partial charge >= 0.3 is 0 Å². The molecule has 0 bridgehead atoms. The molecule has 6 nitrogen and oxygen atoms in total. The van der Waals surface area contributed by atoms with E-state index < -0.39 is 0 Å². The number of benzene rings is 1. The Labute approximate surface area is 152 Å². The fourth-order valence-corrected chi connectivity index (χ4v) is 1.99. The Kier molecular flexibility index (Phi) is 7.40. The summed E-state index contributed by atoms with van der Waals surface area (Å²) in [5.41, 5.74) is 1.63. The van der Waals surface area contributed by atoms with Gasteiger partial charge in [-0.3, -0.25) is 4.99 Å². The van der Waals surface area contributed by atoms with Gasteiger partial charge in [-0.25, -0.2) is 4.39 Å². The van der Waals surface area contributed by atoms with Gasteiger partial charge in [0.05, 0.1) is 6.54 Å². The summed E-state index contributed by atoms with van der Waals surface area (Å²) < 4.78 is 15.2. The van der Waals surface area contributed by atoms with Crippen LogP contribution in [0.2, 0.25) is 0 Å². The molecular weight excluding hydrogens is 410 g/mol. The number of nitrogens with zero attached hydrogens (tertiary/aromatic N) is 4. The van der Waals surface area contributed by atoms with E-state index in [9.17, 15) is 4.39 Å². The standard InChI is InChI=1S/C15H21FN6.HI/c1-10-7-12(5-6-13(10)16)8-18-15(17-3)19-9-14-21-20-11(2)22(14)4;/h5-7H,8-9H2,1-4H3,(H2,17,18,19);1H. The highest BCUT2D eigenvalue weighted by Crippen LogP contribution is 2.08. The molecule has 0 fully saturated rings. The average molecular weight is 432 g/mol. The Morgan fingerprint density at radius 1 is 1.22 bits per heavy atom. The highest BCUT2D eigenvalue weighted by Gasteiger charge is 2.06. The van der Waals surface area contributed by atoms with E-state index in [-0.39, 0.29) is 29.8 Å². The molecule has 0 aliphatic carbocycles. The molecule has 1 aromatic heterocycles. The predicted molar refractivity (Wildman–Crippen MR) is 99.3 cm³/mol. The zero-order valence-electron chi connectivity index (χ0n) is 13.7. The van der Waals surface area contributed by atoms with Crippen LogP contribution in [0.5, 0.6) is 0 Å². The lowest BCUT2D eigenvalue weighted by Crippen LogP contribution is -2.36. The maximum Gasteiger partial charge on any atom is 0.191 e. The third-order valence-electron chi connectivity index (χ3n) is 3.50. The Balaban J connectivity index is 0.00000264. The smallest absolute Gasteiger partial charge is 0.191 e. The van der Waals surface area contributed by atoms with E-state index in [4.69, 9.17) is 0 Å². The molecule has 0 radical (unpaired) electrons. The molecule has 23 heavy (non-hydrogen) atoms. The number of aliphatic imine (C=N–C) groups is 1. The van der Waals surface area contributed by atoms with Crippen LogP contribution in [-0.4, -0.2) is 27.8 Å². The van der Waals surface area contributed by atoms with E-state index >= 15 is 0 Å². The second-order valence-electron chi connectivity index (χ2n) is 5.09. The minimum atomic E-state index is -0.191. The molecule has 0 aliphatic rings. The SMILES string of the molecule is CN=C(NCc1ccc(F)c(C)c1)NCc1nnc(C)n1C.I. The lowest BCUT2D eigenvalue weighted by molar-refractivity contribution is 0.617. The van der Waals surface area contributed by atoms with E-state index in [0.717, 1.165) is 17.2 Å². The summed E-state index contributed by atoms with van der Waals surface area (Å²) in [6.45, 7) is 4.75. The highest BCUT2D eigenvalue weighted by molar-refractivity contribution is 14.0. The molecule has 0 spiro atoms. The molecule has 1 aromatic carbocycles. The van der Waals surface area contributed by atoms with Gasteiger partial charge in [0.1, 0.15) is 11.6 Å². The van der Waals surface area contributed by atoms with Crippen LogP contribution in [0.4, 0.5) is 4.39 Å². The van der Waals surface area contributed by atoms with Crippen molar-refractivity contribution in [1.29, 1.82) is 0 Å². The number of hydrogen-bond acceptors (Lipinski definition) is 3. The maximum atomic E-state index is 13.2. The molecule has 0 saturated heterocycles. The van der Waals surface area contributed by atoms with Crippen molar-refractivity contribution in [3.05, 3.63) is 46.8 Å². The second-order valence-corrected chi connectivity index (χ2v) is 5.09. The molecule has 0 amide bonds. The lowest BCUT2D eigenvalue weighted by Gasteiger charge is -2.12. The second kappa shape index (κ2) is 8.80. The molecule has 1 heterocycles. The van der Waals surface area contributed by atoms with Gasteiger partial charge in [-0.05, 0) is 31.0 Å². The number of halogens is 2. The van der Waals surface area contributed by atoms with Gasteiger partial charge in [0.15, 0.2) is 11.8 Å². The Morgan fingerprint density at radius 3 is 2.48 bits per heavy atom. The van der Waals surface area contributed by atoms with Crippen molar-refractivity contribution < 1.29 is 4.39 Å². The van der Waals surface area contributed by atoms with Crippen LogP contribution < -0.4 is 10.6 Å². The molecule has 8 heteroatoms. The van der Waals surface area contributed by atoms with Gasteiger partial charge < -0.3 is 15.2 Å². The van der Waals surface area contributed by atoms with E-state index in [1.165, 1.54) is 6.07 Å². The van der Waals surface area contributed by atoms with E-state index in [1.807, 2.05) is 24.6 Å². The highest BCUT2D eigenvalue weighted by atomic mass is 127. The van der Waals surface area contributed by atoms with Crippen LogP contribution >= 0.6 is 24.0 Å². The largest absolute Gasteiger partial charge is 0.352 e. The summed E-state index contributed by atoms with van der Waals surface area (Å²) in [6.07, 6.45) is 0. The monoisotopic (exact) mass is 432 g/mol. The number of nitrogens with one attached hydrogen (secondary N) is 2. The topological polar surface area (TPSA) is 67.1 Å². The molecule has 0 saturated carbocycles. The van der Waals surface area contributed by atoms with Crippen molar-refractivity contribution in [1.82, 2.24) is 25.4 Å². The predicted octanol–water partition coefficient (Wildman–Crippen LogP) is 2.05. The summed E-state index contributed by atoms with van der Waals surface area (Å²) in [6, 6.07) is 5.06. The molecule has 2 N–H and O–H groups in total. The van der Waals surface area contributed by atoms with Gasteiger partial charge in [-0.15, -0.1) is 34.2 Å². The van der Waals surface area contributed by atoms with Crippen LogP contribution in [-0.2, 0) is 20.1 Å². The first-order valence-corrected chi connectivity index (χ1v) is 7.05. The third-order valence-corrected chi connectivity index (χ3v) is 3.50. The molecule has 2 aromatic rings. The summed E-state index contributed by atoms with van der Waals surface area (Å²) in [5.74, 6) is 2.16. The van der Waals surface area contributed by atoms with Gasteiger partial charge in [0, 0.05) is 20.6 Å². The normalized spacial score (nSPS) is 11.1. The van der Waals surface area contributed by atoms with Gasteiger partial charge in [0.2, 0.25) is 0 Å². The summed E-state index contributed by atoms with van der Waals surface area (Å²) in [5, 5.41) is 14.5. The lowest BCUT2D eigenvalue weighted by atomic mass is 10.1. The zero-order valence-corrected chi connectivity index (χ0v) is 16.1. The van der Waals surface area contributed by atoms with Gasteiger partial charge in [-0.2, -0.15) is 0 Å². The van der Waals surface area contributed by atoms with Crippen LogP contribution in [0.15, 0.2) is 23.2 Å². The van der Waals surface area contributed by atoms with Crippen LogP contribution in [0, 0.1) is 19.7 Å². The fourth-order valence-electron chi connectivity index (χ4n) is 1.99. The van der Waals surface area contributed by atoms with E-state index in [1.54, 1.807) is 20.0 Å². The summed E-state index contributed by atoms with van der Waals surface area (Å²) in [4.78, 5) is 4.16. The molecule has 0 unspecified atom stereocenters. The van der Waals surface area contributed by atoms with E-state index in [2.05, 4.69) is 25.8 Å². The number of guanidine groups is 1. The minimum Gasteiger partial charge on any atom is -0.352 e. The first-order chi connectivity index (χ1) is 10.5. The molecule has 0 atom stereocenters. The number of aromatic nitrogens is 3. The first kappa shape index (κ1) is 19.3. The van der Waals surface area contributed by atoms with Crippen LogP contribution in [0.25, 0.3) is 0 Å². The summed E-state index contributed by atoms with van der Waals surface area (Å²) in [7, 11) is 3.62. The fraction of sp³-hybridized carbons (Fsp3) is 0.400. The van der Waals surface area contributed by atoms with Crippen molar-refractivity contribution in [3.8, 4) is 0 Å². The minimum absolute atomic E-state index is 0. The van der Waals surface area contributed by atoms with E-state index in [0.29, 0.717) is 24.6 Å². The summed E-state index contributed by atoms with van der Waals surface area (Å²) >= 11 is 0. The van der Waals surface area contributed by atoms with Crippen molar-refractivity contribution in [3.63, 3.8) is 0 Å².